The number of rotatable bonds is 4. The molecule has 0 aliphatic carbocycles. The van der Waals surface area contributed by atoms with Gasteiger partial charge in [-0.3, -0.25) is 9.78 Å². The lowest BCUT2D eigenvalue weighted by molar-refractivity contribution is -0.115. The molecular formula is C14H16N4O2. The van der Waals surface area contributed by atoms with Crippen molar-refractivity contribution in [2.45, 2.75) is 6.92 Å². The SMILES string of the molecule is CCNC(=O)NCC(=O)Nc1cccc2cccnc12. The number of hydrogen-bond acceptors (Lipinski definition) is 3. The van der Waals surface area contributed by atoms with E-state index in [1.807, 2.05) is 24.3 Å². The van der Waals surface area contributed by atoms with Gasteiger partial charge in [-0.05, 0) is 19.1 Å². The highest BCUT2D eigenvalue weighted by Gasteiger charge is 2.07. The Morgan fingerprint density at radius 1 is 1.15 bits per heavy atom. The van der Waals surface area contributed by atoms with E-state index in [0.29, 0.717) is 12.2 Å². The second-order valence-electron chi connectivity index (χ2n) is 4.14. The van der Waals surface area contributed by atoms with Gasteiger partial charge >= 0.3 is 6.03 Å². The van der Waals surface area contributed by atoms with Gasteiger partial charge in [0.2, 0.25) is 5.91 Å². The number of pyridine rings is 1. The normalized spacial score (nSPS) is 10.1. The molecule has 0 unspecified atom stereocenters. The summed E-state index contributed by atoms with van der Waals surface area (Å²) in [6, 6.07) is 8.94. The summed E-state index contributed by atoms with van der Waals surface area (Å²) in [4.78, 5) is 27.2. The Balaban J connectivity index is 2.01. The van der Waals surface area contributed by atoms with Crippen LogP contribution in [0.3, 0.4) is 0 Å². The molecule has 0 radical (unpaired) electrons. The average molecular weight is 272 g/mol. The van der Waals surface area contributed by atoms with Gasteiger partial charge in [-0.2, -0.15) is 0 Å². The molecule has 6 nitrogen and oxygen atoms in total. The van der Waals surface area contributed by atoms with Crippen LogP contribution in [-0.2, 0) is 4.79 Å². The number of hydrogen-bond donors (Lipinski definition) is 3. The lowest BCUT2D eigenvalue weighted by Crippen LogP contribution is -2.39. The van der Waals surface area contributed by atoms with Crippen LogP contribution in [0.15, 0.2) is 36.5 Å². The number of aromatic nitrogens is 1. The van der Waals surface area contributed by atoms with Gasteiger partial charge in [-0.15, -0.1) is 0 Å². The van der Waals surface area contributed by atoms with Gasteiger partial charge < -0.3 is 16.0 Å². The predicted molar refractivity (Wildman–Crippen MR) is 77.4 cm³/mol. The summed E-state index contributed by atoms with van der Waals surface area (Å²) < 4.78 is 0. The first-order valence-electron chi connectivity index (χ1n) is 6.36. The summed E-state index contributed by atoms with van der Waals surface area (Å²) >= 11 is 0. The topological polar surface area (TPSA) is 83.1 Å². The molecule has 1 aromatic carbocycles. The zero-order valence-corrected chi connectivity index (χ0v) is 11.1. The fourth-order valence-electron chi connectivity index (χ4n) is 1.78. The number of amides is 3. The molecule has 3 N–H and O–H groups in total. The Kier molecular flexibility index (Phi) is 4.49. The molecule has 1 aromatic heterocycles. The Labute approximate surface area is 116 Å². The zero-order chi connectivity index (χ0) is 14.4. The van der Waals surface area contributed by atoms with Gasteiger partial charge in [0.25, 0.3) is 0 Å². The predicted octanol–water partition coefficient (Wildman–Crippen LogP) is 1.49. The van der Waals surface area contributed by atoms with Crippen LogP contribution in [0.2, 0.25) is 0 Å². The van der Waals surface area contributed by atoms with Crippen molar-refractivity contribution in [1.29, 1.82) is 0 Å². The second-order valence-corrected chi connectivity index (χ2v) is 4.14. The third kappa shape index (κ3) is 3.44. The third-order valence-electron chi connectivity index (χ3n) is 2.65. The van der Waals surface area contributed by atoms with Gasteiger partial charge in [-0.25, -0.2) is 4.79 Å². The van der Waals surface area contributed by atoms with Crippen molar-refractivity contribution in [2.75, 3.05) is 18.4 Å². The van der Waals surface area contributed by atoms with E-state index < -0.39 is 0 Å². The van der Waals surface area contributed by atoms with Crippen molar-refractivity contribution < 1.29 is 9.59 Å². The van der Waals surface area contributed by atoms with Gasteiger partial charge in [0.15, 0.2) is 0 Å². The smallest absolute Gasteiger partial charge is 0.315 e. The second kappa shape index (κ2) is 6.51. The van der Waals surface area contributed by atoms with E-state index in [0.717, 1.165) is 10.9 Å². The van der Waals surface area contributed by atoms with E-state index >= 15 is 0 Å². The number of carbonyl (C=O) groups excluding carboxylic acids is 2. The average Bonchev–Trinajstić information content (AvgIpc) is 2.46. The molecule has 0 saturated carbocycles. The van der Waals surface area contributed by atoms with Crippen molar-refractivity contribution in [3.8, 4) is 0 Å². The Morgan fingerprint density at radius 2 is 1.95 bits per heavy atom. The molecule has 0 atom stereocenters. The van der Waals surface area contributed by atoms with E-state index in [1.54, 1.807) is 19.2 Å². The fraction of sp³-hybridized carbons (Fsp3) is 0.214. The molecule has 0 spiro atoms. The molecule has 2 aromatic rings. The van der Waals surface area contributed by atoms with E-state index in [2.05, 4.69) is 20.9 Å². The number of nitrogens with zero attached hydrogens (tertiary/aromatic N) is 1. The molecule has 2 rings (SSSR count). The molecular weight excluding hydrogens is 256 g/mol. The van der Waals surface area contributed by atoms with Crippen molar-refractivity contribution in [3.05, 3.63) is 36.5 Å². The molecule has 0 aliphatic heterocycles. The Bertz CT molecular complexity index is 622. The maximum atomic E-state index is 11.8. The Morgan fingerprint density at radius 3 is 2.75 bits per heavy atom. The molecule has 0 fully saturated rings. The highest BCUT2D eigenvalue weighted by molar-refractivity contribution is 6.01. The minimum absolute atomic E-state index is 0.0882. The van der Waals surface area contributed by atoms with Crippen LogP contribution in [0.25, 0.3) is 10.9 Å². The lowest BCUT2D eigenvalue weighted by Gasteiger charge is -2.09. The lowest BCUT2D eigenvalue weighted by atomic mass is 10.2. The largest absolute Gasteiger partial charge is 0.338 e. The van der Waals surface area contributed by atoms with Crippen LogP contribution in [0.1, 0.15) is 6.92 Å². The van der Waals surface area contributed by atoms with Gasteiger partial charge in [-0.1, -0.05) is 18.2 Å². The van der Waals surface area contributed by atoms with E-state index in [9.17, 15) is 9.59 Å². The monoisotopic (exact) mass is 272 g/mol. The molecule has 1 heterocycles. The number of anilines is 1. The highest BCUT2D eigenvalue weighted by Crippen LogP contribution is 2.20. The van der Waals surface area contributed by atoms with E-state index in [1.165, 1.54) is 0 Å². The van der Waals surface area contributed by atoms with E-state index in [4.69, 9.17) is 0 Å². The fourth-order valence-corrected chi connectivity index (χ4v) is 1.78. The zero-order valence-electron chi connectivity index (χ0n) is 11.1. The summed E-state index contributed by atoms with van der Waals surface area (Å²) in [6.07, 6.45) is 1.67. The highest BCUT2D eigenvalue weighted by atomic mass is 16.2. The first-order valence-corrected chi connectivity index (χ1v) is 6.36. The maximum absolute atomic E-state index is 11.8. The van der Waals surface area contributed by atoms with Crippen molar-refractivity contribution >= 4 is 28.5 Å². The Hall–Kier alpha value is -2.63. The number of urea groups is 1. The summed E-state index contributed by atoms with van der Waals surface area (Å²) in [5.74, 6) is -0.297. The van der Waals surface area contributed by atoms with Crippen LogP contribution in [-0.4, -0.2) is 30.0 Å². The number of nitrogens with one attached hydrogen (secondary N) is 3. The molecule has 3 amide bonds. The number of fused-ring (bicyclic) bond motifs is 1. The van der Waals surface area contributed by atoms with Crippen LogP contribution in [0.4, 0.5) is 10.5 Å². The number of benzene rings is 1. The molecule has 0 bridgehead atoms. The first kappa shape index (κ1) is 13.8. The summed E-state index contributed by atoms with van der Waals surface area (Å²) in [5.41, 5.74) is 1.35. The van der Waals surface area contributed by atoms with Crippen LogP contribution in [0, 0.1) is 0 Å². The molecule has 104 valence electrons. The third-order valence-corrected chi connectivity index (χ3v) is 2.65. The standard InChI is InChI=1S/C14H16N4O2/c1-2-15-14(20)17-9-12(19)18-11-7-3-5-10-6-4-8-16-13(10)11/h3-8H,2,9H2,1H3,(H,18,19)(H2,15,17,20). The van der Waals surface area contributed by atoms with Gasteiger partial charge in [0, 0.05) is 18.1 Å². The number of para-hydroxylation sites is 1. The van der Waals surface area contributed by atoms with Crippen LogP contribution >= 0.6 is 0 Å². The molecule has 0 aliphatic rings. The summed E-state index contributed by atoms with van der Waals surface area (Å²) in [7, 11) is 0. The van der Waals surface area contributed by atoms with E-state index in [-0.39, 0.29) is 18.5 Å². The van der Waals surface area contributed by atoms with Crippen molar-refractivity contribution in [3.63, 3.8) is 0 Å². The first-order chi connectivity index (χ1) is 9.70. The molecule has 0 saturated heterocycles. The van der Waals surface area contributed by atoms with Gasteiger partial charge in [0.05, 0.1) is 17.7 Å². The van der Waals surface area contributed by atoms with Crippen LogP contribution in [0.5, 0.6) is 0 Å². The quantitative estimate of drug-likeness (QED) is 0.788. The minimum Gasteiger partial charge on any atom is -0.338 e. The number of carbonyl (C=O) groups is 2. The summed E-state index contributed by atoms with van der Waals surface area (Å²) in [5, 5.41) is 8.71. The van der Waals surface area contributed by atoms with Gasteiger partial charge in [0.1, 0.15) is 0 Å². The maximum Gasteiger partial charge on any atom is 0.315 e. The van der Waals surface area contributed by atoms with Crippen molar-refractivity contribution in [1.82, 2.24) is 15.6 Å². The van der Waals surface area contributed by atoms with Crippen LogP contribution < -0.4 is 16.0 Å². The molecule has 6 heteroatoms. The summed E-state index contributed by atoms with van der Waals surface area (Å²) in [6.45, 7) is 2.23. The minimum atomic E-state index is -0.362. The molecule has 20 heavy (non-hydrogen) atoms. The van der Waals surface area contributed by atoms with Crippen molar-refractivity contribution in [2.24, 2.45) is 0 Å².